The fourth-order valence-corrected chi connectivity index (χ4v) is 2.16. The Kier molecular flexibility index (Phi) is 5.26. The Morgan fingerprint density at radius 3 is 2.95 bits per heavy atom. The van der Waals surface area contributed by atoms with Gasteiger partial charge in [-0.05, 0) is 24.6 Å². The fraction of sp³-hybridized carbons (Fsp3) is 0.400. The molecule has 0 radical (unpaired) electrons. The summed E-state index contributed by atoms with van der Waals surface area (Å²) in [5, 5.41) is 7.68. The molecule has 0 aliphatic heterocycles. The molecular formula is C15H20FN3O. The van der Waals surface area contributed by atoms with Crippen molar-refractivity contribution in [3.05, 3.63) is 47.5 Å². The molecule has 0 unspecified atom stereocenters. The van der Waals surface area contributed by atoms with Crippen molar-refractivity contribution < 1.29 is 9.13 Å². The monoisotopic (exact) mass is 277 g/mol. The van der Waals surface area contributed by atoms with Gasteiger partial charge in [-0.2, -0.15) is 5.10 Å². The van der Waals surface area contributed by atoms with E-state index in [0.29, 0.717) is 6.61 Å². The Labute approximate surface area is 118 Å². The maximum absolute atomic E-state index is 13.3. The van der Waals surface area contributed by atoms with Crippen LogP contribution in [0.4, 0.5) is 4.39 Å². The third-order valence-electron chi connectivity index (χ3n) is 3.14. The van der Waals surface area contributed by atoms with Crippen LogP contribution in [0.1, 0.15) is 18.2 Å². The standard InChI is InChI=1S/C15H20FN3O/c1-3-15-12(10-17-7-8-20-2)11-18-19(15)14-6-4-5-13(16)9-14/h4-6,9,11,17H,3,7-8,10H2,1-2H3. The number of nitrogens with zero attached hydrogens (tertiary/aromatic N) is 2. The van der Waals surface area contributed by atoms with Crippen molar-refractivity contribution in [1.29, 1.82) is 0 Å². The number of hydrogen-bond acceptors (Lipinski definition) is 3. The Balaban J connectivity index is 2.16. The van der Waals surface area contributed by atoms with Crippen LogP contribution in [0.25, 0.3) is 5.69 Å². The summed E-state index contributed by atoms with van der Waals surface area (Å²) >= 11 is 0. The highest BCUT2D eigenvalue weighted by atomic mass is 19.1. The molecule has 1 aromatic heterocycles. The molecule has 2 rings (SSSR count). The van der Waals surface area contributed by atoms with E-state index in [0.717, 1.165) is 36.5 Å². The van der Waals surface area contributed by atoms with E-state index in [4.69, 9.17) is 4.74 Å². The van der Waals surface area contributed by atoms with Gasteiger partial charge in [0.25, 0.3) is 0 Å². The quantitative estimate of drug-likeness (QED) is 0.789. The molecule has 2 aromatic rings. The van der Waals surface area contributed by atoms with E-state index >= 15 is 0 Å². The first kappa shape index (κ1) is 14.7. The zero-order valence-electron chi connectivity index (χ0n) is 11.9. The smallest absolute Gasteiger partial charge is 0.125 e. The first-order valence-electron chi connectivity index (χ1n) is 6.77. The van der Waals surface area contributed by atoms with Gasteiger partial charge in [0.15, 0.2) is 0 Å². The van der Waals surface area contributed by atoms with Gasteiger partial charge in [-0.15, -0.1) is 0 Å². The van der Waals surface area contributed by atoms with Gasteiger partial charge in [-0.1, -0.05) is 13.0 Å². The molecule has 0 bridgehead atoms. The molecule has 1 aromatic carbocycles. The predicted molar refractivity (Wildman–Crippen MR) is 76.5 cm³/mol. The lowest BCUT2D eigenvalue weighted by Gasteiger charge is -2.08. The van der Waals surface area contributed by atoms with Gasteiger partial charge in [0.2, 0.25) is 0 Å². The summed E-state index contributed by atoms with van der Waals surface area (Å²) in [5.41, 5.74) is 2.98. The second-order valence-corrected chi connectivity index (χ2v) is 4.53. The summed E-state index contributed by atoms with van der Waals surface area (Å²) < 4.78 is 20.1. The van der Waals surface area contributed by atoms with Crippen LogP contribution in [-0.2, 0) is 17.7 Å². The van der Waals surface area contributed by atoms with E-state index in [2.05, 4.69) is 17.3 Å². The molecule has 20 heavy (non-hydrogen) atoms. The highest BCUT2D eigenvalue weighted by Crippen LogP contribution is 2.16. The summed E-state index contributed by atoms with van der Waals surface area (Å²) in [6, 6.07) is 6.49. The number of methoxy groups -OCH3 is 1. The second kappa shape index (κ2) is 7.17. The number of rotatable bonds is 7. The summed E-state index contributed by atoms with van der Waals surface area (Å²) in [7, 11) is 1.68. The molecule has 1 heterocycles. The molecule has 5 heteroatoms. The lowest BCUT2D eigenvalue weighted by Crippen LogP contribution is -2.19. The Morgan fingerprint density at radius 1 is 1.40 bits per heavy atom. The summed E-state index contributed by atoms with van der Waals surface area (Å²) in [6.45, 7) is 4.29. The number of hydrogen-bond donors (Lipinski definition) is 1. The maximum Gasteiger partial charge on any atom is 0.125 e. The molecule has 0 atom stereocenters. The minimum Gasteiger partial charge on any atom is -0.383 e. The zero-order chi connectivity index (χ0) is 14.4. The molecule has 0 spiro atoms. The Morgan fingerprint density at radius 2 is 2.25 bits per heavy atom. The van der Waals surface area contributed by atoms with E-state index < -0.39 is 0 Å². The Hall–Kier alpha value is -1.72. The molecule has 0 fully saturated rings. The third kappa shape index (κ3) is 3.43. The molecule has 0 amide bonds. The molecule has 1 N–H and O–H groups in total. The van der Waals surface area contributed by atoms with Crippen molar-refractivity contribution in [1.82, 2.24) is 15.1 Å². The minimum atomic E-state index is -0.250. The van der Waals surface area contributed by atoms with Crippen LogP contribution in [0.3, 0.4) is 0 Å². The van der Waals surface area contributed by atoms with Gasteiger partial charge in [-0.25, -0.2) is 9.07 Å². The SMILES string of the molecule is CCc1c(CNCCOC)cnn1-c1cccc(F)c1. The van der Waals surface area contributed by atoms with Crippen molar-refractivity contribution in [2.75, 3.05) is 20.3 Å². The number of nitrogens with one attached hydrogen (secondary N) is 1. The van der Waals surface area contributed by atoms with Crippen LogP contribution in [0, 0.1) is 5.82 Å². The first-order chi connectivity index (χ1) is 9.76. The minimum absolute atomic E-state index is 0.250. The van der Waals surface area contributed by atoms with E-state index in [-0.39, 0.29) is 5.82 Å². The number of aromatic nitrogens is 2. The predicted octanol–water partition coefficient (Wildman–Crippen LogP) is 2.31. The maximum atomic E-state index is 13.3. The zero-order valence-corrected chi connectivity index (χ0v) is 11.9. The molecule has 4 nitrogen and oxygen atoms in total. The normalized spacial score (nSPS) is 10.9. The van der Waals surface area contributed by atoms with Crippen molar-refractivity contribution in [2.45, 2.75) is 19.9 Å². The van der Waals surface area contributed by atoms with Gasteiger partial charge in [0, 0.05) is 31.5 Å². The highest BCUT2D eigenvalue weighted by molar-refractivity contribution is 5.35. The molecule has 0 aliphatic rings. The van der Waals surface area contributed by atoms with Crippen molar-refractivity contribution in [2.24, 2.45) is 0 Å². The van der Waals surface area contributed by atoms with Crippen LogP contribution in [0.2, 0.25) is 0 Å². The van der Waals surface area contributed by atoms with Gasteiger partial charge in [0.1, 0.15) is 5.82 Å². The third-order valence-corrected chi connectivity index (χ3v) is 3.14. The molecule has 108 valence electrons. The molecule has 0 saturated carbocycles. The van der Waals surface area contributed by atoms with E-state index in [9.17, 15) is 4.39 Å². The fourth-order valence-electron chi connectivity index (χ4n) is 2.16. The number of benzene rings is 1. The van der Waals surface area contributed by atoms with Crippen LogP contribution >= 0.6 is 0 Å². The van der Waals surface area contributed by atoms with Crippen molar-refractivity contribution >= 4 is 0 Å². The number of ether oxygens (including phenoxy) is 1. The Bertz CT molecular complexity index is 554. The number of halogens is 1. The second-order valence-electron chi connectivity index (χ2n) is 4.53. The van der Waals surface area contributed by atoms with E-state index in [1.807, 2.05) is 12.3 Å². The average Bonchev–Trinajstić information content (AvgIpc) is 2.86. The topological polar surface area (TPSA) is 39.1 Å². The van der Waals surface area contributed by atoms with Crippen molar-refractivity contribution in [3.63, 3.8) is 0 Å². The summed E-state index contributed by atoms with van der Waals surface area (Å²) in [6.07, 6.45) is 2.68. The van der Waals surface area contributed by atoms with Crippen molar-refractivity contribution in [3.8, 4) is 5.69 Å². The first-order valence-corrected chi connectivity index (χ1v) is 6.77. The lowest BCUT2D eigenvalue weighted by atomic mass is 10.2. The van der Waals surface area contributed by atoms with Gasteiger partial charge < -0.3 is 10.1 Å². The molecular weight excluding hydrogens is 257 g/mol. The summed E-state index contributed by atoms with van der Waals surface area (Å²) in [5.74, 6) is -0.250. The van der Waals surface area contributed by atoms with Crippen LogP contribution in [0.5, 0.6) is 0 Å². The van der Waals surface area contributed by atoms with Crippen LogP contribution in [-0.4, -0.2) is 30.0 Å². The van der Waals surface area contributed by atoms with Gasteiger partial charge in [-0.3, -0.25) is 0 Å². The van der Waals surface area contributed by atoms with E-state index in [1.54, 1.807) is 17.9 Å². The molecule has 0 saturated heterocycles. The van der Waals surface area contributed by atoms with Gasteiger partial charge >= 0.3 is 0 Å². The largest absolute Gasteiger partial charge is 0.383 e. The van der Waals surface area contributed by atoms with E-state index in [1.165, 1.54) is 12.1 Å². The highest BCUT2D eigenvalue weighted by Gasteiger charge is 2.10. The average molecular weight is 277 g/mol. The molecule has 0 aliphatic carbocycles. The van der Waals surface area contributed by atoms with Crippen LogP contribution < -0.4 is 5.32 Å². The van der Waals surface area contributed by atoms with Crippen LogP contribution in [0.15, 0.2) is 30.5 Å². The lowest BCUT2D eigenvalue weighted by molar-refractivity contribution is 0.199. The summed E-state index contributed by atoms with van der Waals surface area (Å²) in [4.78, 5) is 0. The van der Waals surface area contributed by atoms with Gasteiger partial charge in [0.05, 0.1) is 18.5 Å².